The van der Waals surface area contributed by atoms with E-state index in [4.69, 9.17) is 11.6 Å². The molecule has 2 aromatic heterocycles. The molecule has 1 aromatic carbocycles. The highest BCUT2D eigenvalue weighted by atomic mass is 35.5. The maximum Gasteiger partial charge on any atom is 0.151 e. The van der Waals surface area contributed by atoms with Crippen molar-refractivity contribution in [1.82, 2.24) is 9.97 Å². The van der Waals surface area contributed by atoms with Crippen LogP contribution < -0.4 is 0 Å². The van der Waals surface area contributed by atoms with Gasteiger partial charge >= 0.3 is 0 Å². The Balaban J connectivity index is 2.15. The summed E-state index contributed by atoms with van der Waals surface area (Å²) in [6.07, 6.45) is 4.05. The van der Waals surface area contributed by atoms with Crippen LogP contribution in [-0.2, 0) is 0 Å². The molecule has 0 saturated carbocycles. The van der Waals surface area contributed by atoms with Crippen LogP contribution in [0.4, 0.5) is 0 Å². The van der Waals surface area contributed by atoms with Gasteiger partial charge in [0.15, 0.2) is 6.29 Å². The first kappa shape index (κ1) is 11.0. The first-order valence-electron chi connectivity index (χ1n) is 5.45. The molecule has 1 N–H and O–H groups in total. The Morgan fingerprint density at radius 2 is 2.06 bits per heavy atom. The van der Waals surface area contributed by atoms with Crippen LogP contribution in [0.25, 0.3) is 22.2 Å². The van der Waals surface area contributed by atoms with Gasteiger partial charge in [-0.05, 0) is 24.3 Å². The third kappa shape index (κ3) is 1.89. The summed E-state index contributed by atoms with van der Waals surface area (Å²) in [7, 11) is 0. The summed E-state index contributed by atoms with van der Waals surface area (Å²) < 4.78 is 0. The third-order valence-electron chi connectivity index (χ3n) is 2.79. The number of benzene rings is 1. The number of carbonyl (C=O) groups excluding carboxylic acids is 1. The normalized spacial score (nSPS) is 10.7. The maximum atomic E-state index is 10.7. The summed E-state index contributed by atoms with van der Waals surface area (Å²) in [5, 5.41) is 1.77. The second kappa shape index (κ2) is 4.27. The molecule has 2 heterocycles. The van der Waals surface area contributed by atoms with E-state index in [-0.39, 0.29) is 0 Å². The summed E-state index contributed by atoms with van der Waals surface area (Å²) in [6, 6.07) is 9.48. The number of aromatic nitrogens is 2. The lowest BCUT2D eigenvalue weighted by Gasteiger charge is -1.97. The molecule has 3 aromatic rings. The number of halogens is 1. The van der Waals surface area contributed by atoms with Crippen molar-refractivity contribution in [1.29, 1.82) is 0 Å². The lowest BCUT2D eigenvalue weighted by Crippen LogP contribution is -1.85. The van der Waals surface area contributed by atoms with Crippen molar-refractivity contribution in [3.05, 3.63) is 53.3 Å². The molecular formula is C14H9ClN2O. The van der Waals surface area contributed by atoms with E-state index in [9.17, 15) is 4.79 Å². The first-order valence-corrected chi connectivity index (χ1v) is 5.83. The molecular weight excluding hydrogens is 248 g/mol. The Morgan fingerprint density at radius 3 is 2.89 bits per heavy atom. The van der Waals surface area contributed by atoms with Crippen molar-refractivity contribution < 1.29 is 4.79 Å². The summed E-state index contributed by atoms with van der Waals surface area (Å²) in [5.41, 5.74) is 3.33. The Kier molecular flexibility index (Phi) is 2.61. The van der Waals surface area contributed by atoms with Crippen LogP contribution in [0.3, 0.4) is 0 Å². The number of hydrogen-bond acceptors (Lipinski definition) is 2. The van der Waals surface area contributed by atoms with Crippen LogP contribution in [0.5, 0.6) is 0 Å². The highest BCUT2D eigenvalue weighted by Crippen LogP contribution is 2.25. The Hall–Kier alpha value is -2.13. The molecule has 0 aliphatic heterocycles. The van der Waals surface area contributed by atoms with Gasteiger partial charge in [-0.25, -0.2) is 0 Å². The van der Waals surface area contributed by atoms with E-state index < -0.39 is 0 Å². The lowest BCUT2D eigenvalue weighted by molar-refractivity contribution is 0.112. The van der Waals surface area contributed by atoms with E-state index in [1.54, 1.807) is 12.3 Å². The van der Waals surface area contributed by atoms with Crippen LogP contribution in [0, 0.1) is 0 Å². The summed E-state index contributed by atoms with van der Waals surface area (Å²) >= 11 is 5.94. The Morgan fingerprint density at radius 1 is 1.17 bits per heavy atom. The highest BCUT2D eigenvalue weighted by Gasteiger charge is 2.05. The molecule has 4 heteroatoms. The molecule has 88 valence electrons. The van der Waals surface area contributed by atoms with Gasteiger partial charge in [0.25, 0.3) is 0 Å². The summed E-state index contributed by atoms with van der Waals surface area (Å²) in [5.74, 6) is 0. The minimum absolute atomic E-state index is 0.559. The van der Waals surface area contributed by atoms with Crippen molar-refractivity contribution >= 4 is 28.8 Å². The van der Waals surface area contributed by atoms with Crippen LogP contribution in [-0.4, -0.2) is 16.3 Å². The topological polar surface area (TPSA) is 45.8 Å². The van der Waals surface area contributed by atoms with Crippen molar-refractivity contribution in [3.8, 4) is 11.3 Å². The van der Waals surface area contributed by atoms with Gasteiger partial charge in [-0.1, -0.05) is 17.7 Å². The van der Waals surface area contributed by atoms with Crippen molar-refractivity contribution in [2.45, 2.75) is 0 Å². The quantitative estimate of drug-likeness (QED) is 0.711. The maximum absolute atomic E-state index is 10.7. The molecule has 0 saturated heterocycles. The molecule has 3 rings (SSSR count). The Labute approximate surface area is 108 Å². The predicted molar refractivity (Wildman–Crippen MR) is 71.9 cm³/mol. The van der Waals surface area contributed by atoms with E-state index in [1.807, 2.05) is 24.3 Å². The van der Waals surface area contributed by atoms with Gasteiger partial charge in [-0.3, -0.25) is 9.78 Å². The number of fused-ring (bicyclic) bond motifs is 1. The Bertz CT molecular complexity index is 733. The van der Waals surface area contributed by atoms with E-state index >= 15 is 0 Å². The third-order valence-corrected chi connectivity index (χ3v) is 3.03. The predicted octanol–water partition coefficient (Wildman–Crippen LogP) is 3.70. The number of carbonyl (C=O) groups is 1. The molecule has 0 fully saturated rings. The van der Waals surface area contributed by atoms with Crippen molar-refractivity contribution in [3.63, 3.8) is 0 Å². The lowest BCUT2D eigenvalue weighted by atomic mass is 10.1. The number of nitrogens with one attached hydrogen (secondary N) is 1. The number of aromatic amines is 1. The molecule has 0 amide bonds. The molecule has 0 spiro atoms. The second-order valence-electron chi connectivity index (χ2n) is 4.04. The minimum Gasteiger partial charge on any atom is -0.354 e. The number of H-pyrrole nitrogens is 1. The van der Waals surface area contributed by atoms with Gasteiger partial charge in [-0.15, -0.1) is 0 Å². The summed E-state index contributed by atoms with van der Waals surface area (Å²) in [4.78, 5) is 18.0. The monoisotopic (exact) mass is 256 g/mol. The van der Waals surface area contributed by atoms with E-state index in [1.165, 1.54) is 6.20 Å². The minimum atomic E-state index is 0.559. The van der Waals surface area contributed by atoms with Crippen molar-refractivity contribution in [2.24, 2.45) is 0 Å². The van der Waals surface area contributed by atoms with Crippen molar-refractivity contribution in [2.75, 3.05) is 0 Å². The zero-order valence-electron chi connectivity index (χ0n) is 9.35. The highest BCUT2D eigenvalue weighted by molar-refractivity contribution is 6.31. The van der Waals surface area contributed by atoms with E-state index in [0.717, 1.165) is 28.4 Å². The average Bonchev–Trinajstić information content (AvgIpc) is 2.81. The number of hydrogen-bond donors (Lipinski definition) is 1. The number of aldehydes is 1. The van der Waals surface area contributed by atoms with Gasteiger partial charge in [0.05, 0.1) is 0 Å². The molecule has 0 aliphatic carbocycles. The molecule has 18 heavy (non-hydrogen) atoms. The first-order chi connectivity index (χ1) is 8.76. The van der Waals surface area contributed by atoms with Gasteiger partial charge in [0.2, 0.25) is 0 Å². The van der Waals surface area contributed by atoms with Crippen LogP contribution >= 0.6 is 11.6 Å². The second-order valence-corrected chi connectivity index (χ2v) is 4.48. The molecule has 0 atom stereocenters. The molecule has 0 unspecified atom stereocenters. The summed E-state index contributed by atoms with van der Waals surface area (Å²) in [6.45, 7) is 0. The SMILES string of the molecule is O=Cc1cncc(-c2cc3ccc(Cl)cc3[nH]2)c1. The van der Waals surface area contributed by atoms with Crippen LogP contribution in [0.2, 0.25) is 5.02 Å². The largest absolute Gasteiger partial charge is 0.354 e. The van der Waals surface area contributed by atoms with Gasteiger partial charge in [0.1, 0.15) is 0 Å². The van der Waals surface area contributed by atoms with Gasteiger partial charge in [0, 0.05) is 45.1 Å². The standard InChI is InChI=1S/C14H9ClN2O/c15-12-2-1-10-4-13(17-14(10)5-12)11-3-9(8-18)6-16-7-11/h1-8,17H. The number of rotatable bonds is 2. The zero-order chi connectivity index (χ0) is 12.5. The van der Waals surface area contributed by atoms with Gasteiger partial charge in [-0.2, -0.15) is 0 Å². The molecule has 0 bridgehead atoms. The fraction of sp³-hybridized carbons (Fsp3) is 0. The fourth-order valence-electron chi connectivity index (χ4n) is 1.92. The molecule has 3 nitrogen and oxygen atoms in total. The van der Waals surface area contributed by atoms with Gasteiger partial charge < -0.3 is 4.98 Å². The zero-order valence-corrected chi connectivity index (χ0v) is 10.1. The smallest absolute Gasteiger partial charge is 0.151 e. The average molecular weight is 257 g/mol. The van der Waals surface area contributed by atoms with Crippen LogP contribution in [0.15, 0.2) is 42.7 Å². The molecule has 0 radical (unpaired) electrons. The molecule has 0 aliphatic rings. The number of pyridine rings is 1. The van der Waals surface area contributed by atoms with E-state index in [0.29, 0.717) is 10.6 Å². The van der Waals surface area contributed by atoms with Crippen LogP contribution in [0.1, 0.15) is 10.4 Å². The number of nitrogens with zero attached hydrogens (tertiary/aromatic N) is 1. The fourth-order valence-corrected chi connectivity index (χ4v) is 2.10. The van der Waals surface area contributed by atoms with E-state index in [2.05, 4.69) is 9.97 Å².